The number of halogens is 1. The normalized spacial score (nSPS) is 11.4. The van der Waals surface area contributed by atoms with Crippen molar-refractivity contribution in [2.45, 2.75) is 32.1 Å². The molecule has 0 heterocycles. The summed E-state index contributed by atoms with van der Waals surface area (Å²) in [5.41, 5.74) is 0.916. The van der Waals surface area contributed by atoms with E-state index in [0.717, 1.165) is 12.0 Å². The zero-order valence-electron chi connectivity index (χ0n) is 11.8. The van der Waals surface area contributed by atoms with Crippen molar-refractivity contribution in [3.63, 3.8) is 0 Å². The first-order valence-corrected chi connectivity index (χ1v) is 6.85. The van der Waals surface area contributed by atoms with Crippen LogP contribution in [0.5, 0.6) is 0 Å². The fraction of sp³-hybridized carbons (Fsp3) is 0.533. The van der Waals surface area contributed by atoms with Gasteiger partial charge in [0.15, 0.2) is 0 Å². The van der Waals surface area contributed by atoms with Gasteiger partial charge in [0.1, 0.15) is 0 Å². The van der Waals surface area contributed by atoms with Crippen molar-refractivity contribution in [3.05, 3.63) is 34.9 Å². The van der Waals surface area contributed by atoms with Gasteiger partial charge >= 0.3 is 0 Å². The molecular formula is C15H22ClNO2. The number of hydrogen-bond acceptors (Lipinski definition) is 2. The smallest absolute Gasteiger partial charge is 0.220 e. The number of benzene rings is 1. The number of nitrogens with one attached hydrogen (secondary N) is 1. The van der Waals surface area contributed by atoms with Crippen LogP contribution >= 0.6 is 11.6 Å². The van der Waals surface area contributed by atoms with Crippen LogP contribution < -0.4 is 5.32 Å². The second-order valence-electron chi connectivity index (χ2n) is 5.26. The number of hydrogen-bond donors (Lipinski definition) is 1. The minimum Gasteiger partial charge on any atom is -0.385 e. The van der Waals surface area contributed by atoms with Crippen molar-refractivity contribution in [2.75, 3.05) is 20.3 Å². The average molecular weight is 284 g/mol. The van der Waals surface area contributed by atoms with Gasteiger partial charge in [-0.05, 0) is 29.5 Å². The van der Waals surface area contributed by atoms with E-state index in [1.165, 1.54) is 0 Å². The van der Waals surface area contributed by atoms with Crippen LogP contribution in [0, 0.1) is 0 Å². The van der Waals surface area contributed by atoms with Gasteiger partial charge in [0.2, 0.25) is 5.91 Å². The second-order valence-corrected chi connectivity index (χ2v) is 5.70. The lowest BCUT2D eigenvalue weighted by molar-refractivity contribution is -0.122. The van der Waals surface area contributed by atoms with Gasteiger partial charge in [-0.2, -0.15) is 0 Å². The third-order valence-electron chi connectivity index (χ3n) is 3.08. The second kappa shape index (κ2) is 7.51. The molecule has 3 nitrogen and oxygen atoms in total. The molecule has 19 heavy (non-hydrogen) atoms. The fourth-order valence-corrected chi connectivity index (χ4v) is 2.04. The Morgan fingerprint density at radius 3 is 2.53 bits per heavy atom. The Kier molecular flexibility index (Phi) is 6.32. The predicted octanol–water partition coefficient (Wildman–Crippen LogP) is 3.16. The molecule has 0 fully saturated rings. The quantitative estimate of drug-likeness (QED) is 0.781. The number of carbonyl (C=O) groups excluding carboxylic acids is 1. The van der Waals surface area contributed by atoms with E-state index in [2.05, 4.69) is 19.2 Å². The highest BCUT2D eigenvalue weighted by Gasteiger charge is 2.23. The van der Waals surface area contributed by atoms with Crippen LogP contribution in [-0.2, 0) is 14.9 Å². The number of methoxy groups -OCH3 is 1. The molecule has 0 bridgehead atoms. The molecule has 0 radical (unpaired) electrons. The number of ether oxygens (including phenoxy) is 1. The molecular weight excluding hydrogens is 262 g/mol. The molecule has 4 heteroatoms. The van der Waals surface area contributed by atoms with Crippen molar-refractivity contribution in [2.24, 2.45) is 0 Å². The summed E-state index contributed by atoms with van der Waals surface area (Å²) in [6.45, 7) is 5.44. The lowest BCUT2D eigenvalue weighted by atomic mass is 9.81. The van der Waals surface area contributed by atoms with Crippen LogP contribution in [0.4, 0.5) is 0 Å². The summed E-state index contributed by atoms with van der Waals surface area (Å²) >= 11 is 5.87. The highest BCUT2D eigenvalue weighted by atomic mass is 35.5. The van der Waals surface area contributed by atoms with E-state index in [-0.39, 0.29) is 11.3 Å². The third kappa shape index (κ3) is 5.62. The first-order valence-electron chi connectivity index (χ1n) is 6.47. The number of carbonyl (C=O) groups is 1. The van der Waals surface area contributed by atoms with Crippen LogP contribution in [0.15, 0.2) is 24.3 Å². The Bertz CT molecular complexity index is 401. The molecule has 1 rings (SSSR count). The molecule has 1 aromatic carbocycles. The lowest BCUT2D eigenvalue weighted by Gasteiger charge is -2.24. The van der Waals surface area contributed by atoms with E-state index in [1.807, 2.05) is 24.3 Å². The molecule has 0 unspecified atom stereocenters. The molecule has 1 aromatic rings. The topological polar surface area (TPSA) is 38.3 Å². The van der Waals surface area contributed by atoms with Gasteiger partial charge in [-0.3, -0.25) is 4.79 Å². The average Bonchev–Trinajstić information content (AvgIpc) is 2.34. The molecule has 106 valence electrons. The van der Waals surface area contributed by atoms with Gasteiger partial charge in [-0.25, -0.2) is 0 Å². The molecule has 0 spiro atoms. The predicted molar refractivity (Wildman–Crippen MR) is 78.6 cm³/mol. The van der Waals surface area contributed by atoms with Gasteiger partial charge in [0.25, 0.3) is 0 Å². The molecule has 0 atom stereocenters. The Labute approximate surface area is 120 Å². The molecule has 0 aliphatic carbocycles. The summed E-state index contributed by atoms with van der Waals surface area (Å²) in [5.74, 6) is 0.0658. The number of rotatable bonds is 7. The molecule has 0 aliphatic rings. The summed E-state index contributed by atoms with van der Waals surface area (Å²) in [5, 5.41) is 3.62. The van der Waals surface area contributed by atoms with Gasteiger partial charge in [0.05, 0.1) is 0 Å². The van der Waals surface area contributed by atoms with Crippen LogP contribution in [0.3, 0.4) is 0 Å². The SMILES string of the molecule is COCCCNC(=O)CC(C)(C)c1ccc(Cl)cc1. The Hall–Kier alpha value is -1.06. The van der Waals surface area contributed by atoms with Gasteiger partial charge in [-0.15, -0.1) is 0 Å². The summed E-state index contributed by atoms with van der Waals surface area (Å²) < 4.78 is 4.94. The van der Waals surface area contributed by atoms with Crippen molar-refractivity contribution in [1.82, 2.24) is 5.32 Å². The van der Waals surface area contributed by atoms with Gasteiger partial charge in [-0.1, -0.05) is 37.6 Å². The molecule has 1 amide bonds. The Morgan fingerprint density at radius 2 is 1.95 bits per heavy atom. The summed E-state index contributed by atoms with van der Waals surface area (Å²) in [6, 6.07) is 7.66. The standard InChI is InChI=1S/C15H22ClNO2/c1-15(2,12-5-7-13(16)8-6-12)11-14(18)17-9-4-10-19-3/h5-8H,4,9-11H2,1-3H3,(H,17,18). The van der Waals surface area contributed by atoms with E-state index >= 15 is 0 Å². The lowest BCUT2D eigenvalue weighted by Crippen LogP contribution is -2.32. The monoisotopic (exact) mass is 283 g/mol. The van der Waals surface area contributed by atoms with Crippen LogP contribution in [0.2, 0.25) is 5.02 Å². The molecule has 0 aromatic heterocycles. The van der Waals surface area contributed by atoms with Crippen molar-refractivity contribution < 1.29 is 9.53 Å². The highest BCUT2D eigenvalue weighted by Crippen LogP contribution is 2.27. The Morgan fingerprint density at radius 1 is 1.32 bits per heavy atom. The minimum atomic E-state index is -0.198. The molecule has 1 N–H and O–H groups in total. The zero-order valence-corrected chi connectivity index (χ0v) is 12.6. The van der Waals surface area contributed by atoms with E-state index in [4.69, 9.17) is 16.3 Å². The van der Waals surface area contributed by atoms with Crippen molar-refractivity contribution in [3.8, 4) is 0 Å². The van der Waals surface area contributed by atoms with E-state index in [0.29, 0.717) is 24.6 Å². The highest BCUT2D eigenvalue weighted by molar-refractivity contribution is 6.30. The molecule has 0 saturated carbocycles. The first-order chi connectivity index (χ1) is 8.95. The van der Waals surface area contributed by atoms with Crippen LogP contribution in [0.25, 0.3) is 0 Å². The number of amides is 1. The maximum Gasteiger partial charge on any atom is 0.220 e. The van der Waals surface area contributed by atoms with Crippen LogP contribution in [0.1, 0.15) is 32.3 Å². The molecule has 0 aliphatic heterocycles. The van der Waals surface area contributed by atoms with E-state index in [9.17, 15) is 4.79 Å². The van der Waals surface area contributed by atoms with Crippen molar-refractivity contribution >= 4 is 17.5 Å². The van der Waals surface area contributed by atoms with E-state index < -0.39 is 0 Å². The Balaban J connectivity index is 2.49. The largest absolute Gasteiger partial charge is 0.385 e. The third-order valence-corrected chi connectivity index (χ3v) is 3.33. The summed E-state index contributed by atoms with van der Waals surface area (Å²) in [7, 11) is 1.66. The maximum atomic E-state index is 11.9. The zero-order chi connectivity index (χ0) is 14.3. The summed E-state index contributed by atoms with van der Waals surface area (Å²) in [6.07, 6.45) is 1.30. The molecule has 0 saturated heterocycles. The minimum absolute atomic E-state index is 0.0658. The fourth-order valence-electron chi connectivity index (χ4n) is 1.91. The van der Waals surface area contributed by atoms with Gasteiger partial charge in [0, 0.05) is 31.7 Å². The van der Waals surface area contributed by atoms with Crippen LogP contribution in [-0.4, -0.2) is 26.2 Å². The summed E-state index contributed by atoms with van der Waals surface area (Å²) in [4.78, 5) is 11.9. The maximum absolute atomic E-state index is 11.9. The van der Waals surface area contributed by atoms with E-state index in [1.54, 1.807) is 7.11 Å². The first kappa shape index (κ1) is 16.0. The van der Waals surface area contributed by atoms with Gasteiger partial charge < -0.3 is 10.1 Å². The van der Waals surface area contributed by atoms with Crippen molar-refractivity contribution in [1.29, 1.82) is 0 Å².